The normalized spacial score (nSPS) is 11.5. The van der Waals surface area contributed by atoms with Gasteiger partial charge >= 0.3 is 11.9 Å². The van der Waals surface area contributed by atoms with Gasteiger partial charge in [0, 0.05) is 18.3 Å². The van der Waals surface area contributed by atoms with Crippen molar-refractivity contribution in [2.24, 2.45) is 0 Å². The summed E-state index contributed by atoms with van der Waals surface area (Å²) in [6, 6.07) is 16.3. The first-order valence-electron chi connectivity index (χ1n) is 29.6. The molecule has 6 nitrogen and oxygen atoms in total. The highest BCUT2D eigenvalue weighted by Gasteiger charge is 2.23. The molecule has 0 aliphatic heterocycles. The summed E-state index contributed by atoms with van der Waals surface area (Å²) in [5.41, 5.74) is 2.12. The van der Waals surface area contributed by atoms with Gasteiger partial charge in [-0.05, 0) is 48.2 Å². The minimum Gasteiger partial charge on any atom is -0.490 e. The van der Waals surface area contributed by atoms with Crippen LogP contribution < -0.4 is 9.47 Å². The molecular formula is C63H108O6. The van der Waals surface area contributed by atoms with Crippen molar-refractivity contribution in [2.75, 3.05) is 26.4 Å². The molecular weight excluding hydrogens is 853 g/mol. The van der Waals surface area contributed by atoms with Gasteiger partial charge in [-0.2, -0.15) is 0 Å². The second-order valence-electron chi connectivity index (χ2n) is 21.0. The number of ether oxygens (including phenoxy) is 4. The molecule has 2 rings (SSSR count). The fourth-order valence-corrected chi connectivity index (χ4v) is 9.57. The van der Waals surface area contributed by atoms with E-state index in [0.29, 0.717) is 26.1 Å². The number of unbranched alkanes of at least 4 members (excludes halogenated alkanes) is 36. The molecule has 0 radical (unpaired) electrons. The lowest BCUT2D eigenvalue weighted by atomic mass is 9.78. The van der Waals surface area contributed by atoms with Crippen LogP contribution in [0.15, 0.2) is 48.5 Å². The molecule has 0 heterocycles. The van der Waals surface area contributed by atoms with Gasteiger partial charge in [0.2, 0.25) is 0 Å². The topological polar surface area (TPSA) is 71.1 Å². The van der Waals surface area contributed by atoms with E-state index in [0.717, 1.165) is 37.2 Å². The van der Waals surface area contributed by atoms with Crippen LogP contribution >= 0.6 is 0 Å². The van der Waals surface area contributed by atoms with Crippen molar-refractivity contribution in [1.29, 1.82) is 0 Å². The molecule has 0 amide bonds. The highest BCUT2D eigenvalue weighted by molar-refractivity contribution is 5.69. The highest BCUT2D eigenvalue weighted by atomic mass is 16.6. The maximum absolute atomic E-state index is 12.3. The average molecular weight is 962 g/mol. The number of rotatable bonds is 50. The van der Waals surface area contributed by atoms with Crippen LogP contribution in [0.3, 0.4) is 0 Å². The van der Waals surface area contributed by atoms with Crippen LogP contribution in [0.2, 0.25) is 0 Å². The Morgan fingerprint density at radius 1 is 0.319 bits per heavy atom. The summed E-state index contributed by atoms with van der Waals surface area (Å²) in [7, 11) is 0. The average Bonchev–Trinajstić information content (AvgIpc) is 3.36. The van der Waals surface area contributed by atoms with Crippen LogP contribution in [-0.2, 0) is 24.5 Å². The SMILES string of the molecule is CCCCCCCCCCCCCCCCCCCCCC(=O)OCCOc1ccc(C(C)(C)c2ccc(OCCOC(=O)CCCCCCCCCCCCCCCCCCCCC)cc2)cc1. The van der Waals surface area contributed by atoms with Gasteiger partial charge in [0.05, 0.1) is 0 Å². The largest absolute Gasteiger partial charge is 0.490 e. The van der Waals surface area contributed by atoms with E-state index in [1.54, 1.807) is 0 Å². The third-order valence-corrected chi connectivity index (χ3v) is 14.4. The fourth-order valence-electron chi connectivity index (χ4n) is 9.57. The van der Waals surface area contributed by atoms with Crippen molar-refractivity contribution >= 4 is 11.9 Å². The Morgan fingerprint density at radius 2 is 0.536 bits per heavy atom. The lowest BCUT2D eigenvalue weighted by Crippen LogP contribution is -2.19. The molecule has 0 N–H and O–H groups in total. The Hall–Kier alpha value is -3.02. The summed E-state index contributed by atoms with van der Waals surface area (Å²) in [6.45, 7) is 10.2. The lowest BCUT2D eigenvalue weighted by molar-refractivity contribution is -0.145. The monoisotopic (exact) mass is 961 g/mol. The molecule has 2 aromatic carbocycles. The van der Waals surface area contributed by atoms with Gasteiger partial charge in [-0.25, -0.2) is 0 Å². The van der Waals surface area contributed by atoms with Crippen LogP contribution in [0.1, 0.15) is 296 Å². The number of carbonyl (C=O) groups is 2. The third kappa shape index (κ3) is 35.7. The molecule has 0 fully saturated rings. The summed E-state index contributed by atoms with van der Waals surface area (Å²) >= 11 is 0. The van der Waals surface area contributed by atoms with Crippen molar-refractivity contribution in [3.63, 3.8) is 0 Å². The summed E-state index contributed by atoms with van der Waals surface area (Å²) in [5.74, 6) is 1.27. The van der Waals surface area contributed by atoms with Crippen molar-refractivity contribution < 1.29 is 28.5 Å². The van der Waals surface area contributed by atoms with Gasteiger partial charge in [0.25, 0.3) is 0 Å². The van der Waals surface area contributed by atoms with E-state index in [1.165, 1.54) is 229 Å². The first-order chi connectivity index (χ1) is 33.9. The molecule has 0 saturated carbocycles. The standard InChI is InChI=1S/C63H108O6/c1-5-7-9-11-13-15-17-19-21-23-25-27-29-31-33-35-37-39-41-43-61(64)68-55-53-66-59-49-45-57(46-50-59)63(3,4)58-47-51-60(52-48-58)67-54-56-69-62(65)44-42-40-38-36-34-32-30-28-26-24-22-20-18-16-14-12-10-8-6-2/h45-52H,5-44,53-56H2,1-4H3. The van der Waals surface area contributed by atoms with E-state index >= 15 is 0 Å². The second kappa shape index (κ2) is 44.9. The second-order valence-corrected chi connectivity index (χ2v) is 21.0. The predicted molar refractivity (Wildman–Crippen MR) is 294 cm³/mol. The third-order valence-electron chi connectivity index (χ3n) is 14.4. The summed E-state index contributed by atoms with van der Waals surface area (Å²) in [5, 5.41) is 0. The van der Waals surface area contributed by atoms with Gasteiger partial charge in [-0.1, -0.05) is 283 Å². The maximum Gasteiger partial charge on any atom is 0.305 e. The Balaban J connectivity index is 1.40. The van der Waals surface area contributed by atoms with Crippen molar-refractivity contribution in [2.45, 2.75) is 290 Å². The molecule has 0 unspecified atom stereocenters. The van der Waals surface area contributed by atoms with Gasteiger partial charge in [0.1, 0.15) is 37.9 Å². The molecule has 0 saturated heterocycles. The first kappa shape index (κ1) is 62.1. The van der Waals surface area contributed by atoms with Crippen LogP contribution in [0.25, 0.3) is 0 Å². The van der Waals surface area contributed by atoms with Crippen molar-refractivity contribution in [3.05, 3.63) is 59.7 Å². The molecule has 0 aliphatic carbocycles. The maximum atomic E-state index is 12.3. The van der Waals surface area contributed by atoms with Crippen LogP contribution in [0, 0.1) is 0 Å². The van der Waals surface area contributed by atoms with Crippen LogP contribution in [0.4, 0.5) is 0 Å². The van der Waals surface area contributed by atoms with Gasteiger partial charge in [-0.15, -0.1) is 0 Å². The van der Waals surface area contributed by atoms with E-state index in [2.05, 4.69) is 52.0 Å². The summed E-state index contributed by atoms with van der Waals surface area (Å²) in [4.78, 5) is 24.5. The fraction of sp³-hybridized carbons (Fsp3) is 0.778. The van der Waals surface area contributed by atoms with Crippen LogP contribution in [-0.4, -0.2) is 38.4 Å². The zero-order chi connectivity index (χ0) is 49.6. The molecule has 6 heteroatoms. The molecule has 0 aromatic heterocycles. The van der Waals surface area contributed by atoms with Crippen molar-refractivity contribution in [3.8, 4) is 11.5 Å². The van der Waals surface area contributed by atoms with E-state index in [9.17, 15) is 9.59 Å². The molecule has 2 aromatic rings. The van der Waals surface area contributed by atoms with Crippen molar-refractivity contribution in [1.82, 2.24) is 0 Å². The van der Waals surface area contributed by atoms with Gasteiger partial charge in [0.15, 0.2) is 0 Å². The summed E-state index contributed by atoms with van der Waals surface area (Å²) < 4.78 is 22.7. The zero-order valence-electron chi connectivity index (χ0n) is 45.7. The van der Waals surface area contributed by atoms with Crippen LogP contribution in [0.5, 0.6) is 11.5 Å². The quantitative estimate of drug-likeness (QED) is 0.0486. The van der Waals surface area contributed by atoms with E-state index in [4.69, 9.17) is 18.9 Å². The lowest BCUT2D eigenvalue weighted by Gasteiger charge is -2.26. The summed E-state index contributed by atoms with van der Waals surface area (Å²) in [6.07, 6.45) is 52.1. The molecule has 0 spiro atoms. The minimum atomic E-state index is -0.222. The molecule has 69 heavy (non-hydrogen) atoms. The molecule has 0 atom stereocenters. The van der Waals surface area contributed by atoms with Gasteiger partial charge < -0.3 is 18.9 Å². The molecule has 0 aliphatic rings. The Kier molecular flexibility index (Phi) is 40.4. The number of benzene rings is 2. The smallest absolute Gasteiger partial charge is 0.305 e. The number of carbonyl (C=O) groups excluding carboxylic acids is 2. The first-order valence-corrected chi connectivity index (χ1v) is 29.6. The Morgan fingerprint density at radius 3 is 0.768 bits per heavy atom. The minimum absolute atomic E-state index is 0.126. The number of esters is 2. The zero-order valence-corrected chi connectivity index (χ0v) is 45.7. The predicted octanol–water partition coefficient (Wildman–Crippen LogP) is 19.5. The Bertz CT molecular complexity index is 1330. The van der Waals surface area contributed by atoms with E-state index in [1.807, 2.05) is 24.3 Å². The van der Waals surface area contributed by atoms with E-state index < -0.39 is 0 Å². The molecule has 396 valence electrons. The molecule has 0 bridgehead atoms. The number of hydrogen-bond donors (Lipinski definition) is 0. The Labute approximate surface area is 426 Å². The highest BCUT2D eigenvalue weighted by Crippen LogP contribution is 2.33. The van der Waals surface area contributed by atoms with Gasteiger partial charge in [-0.3, -0.25) is 9.59 Å². The number of hydrogen-bond acceptors (Lipinski definition) is 6. The van der Waals surface area contributed by atoms with E-state index in [-0.39, 0.29) is 30.6 Å².